The van der Waals surface area contributed by atoms with Gasteiger partial charge in [0, 0.05) is 6.54 Å². The first-order valence-corrected chi connectivity index (χ1v) is 9.81. The van der Waals surface area contributed by atoms with Crippen LogP contribution in [0.5, 0.6) is 0 Å². The first-order valence-electron chi connectivity index (χ1n) is 9.81. The molecule has 1 unspecified atom stereocenters. The van der Waals surface area contributed by atoms with Gasteiger partial charge in [-0.25, -0.2) is 4.79 Å². The first-order chi connectivity index (χ1) is 11.7. The summed E-state index contributed by atoms with van der Waals surface area (Å²) in [4.78, 5) is 22.9. The quantitative estimate of drug-likeness (QED) is 0.310. The average Bonchev–Trinajstić information content (AvgIpc) is 2.46. The van der Waals surface area contributed by atoms with Gasteiger partial charge in [-0.15, -0.1) is 0 Å². The summed E-state index contributed by atoms with van der Waals surface area (Å²) in [5, 5.41) is 14.6. The van der Waals surface area contributed by atoms with Crippen LogP contribution in [0.1, 0.15) is 71.1 Å². The van der Waals surface area contributed by atoms with Gasteiger partial charge in [-0.2, -0.15) is 0 Å². The summed E-state index contributed by atoms with van der Waals surface area (Å²) in [7, 11) is 5.95. The second kappa shape index (κ2) is 13.9. The van der Waals surface area contributed by atoms with Crippen LogP contribution in [0.25, 0.3) is 0 Å². The number of carbonyl (C=O) groups is 2. The van der Waals surface area contributed by atoms with E-state index in [0.717, 1.165) is 12.8 Å². The monoisotopic (exact) mass is 358 g/mol. The molecule has 0 rings (SSSR count). The highest BCUT2D eigenvalue weighted by Gasteiger charge is 2.22. The average molecular weight is 359 g/mol. The molecule has 3 N–H and O–H groups in total. The van der Waals surface area contributed by atoms with E-state index in [1.165, 1.54) is 44.9 Å². The summed E-state index contributed by atoms with van der Waals surface area (Å²) in [6, 6.07) is -0.625. The van der Waals surface area contributed by atoms with Crippen LogP contribution in [0.3, 0.4) is 0 Å². The number of nitrogens with zero attached hydrogens (tertiary/aromatic N) is 1. The minimum Gasteiger partial charge on any atom is -0.481 e. The van der Waals surface area contributed by atoms with Gasteiger partial charge in [0.15, 0.2) is 0 Å². The lowest BCUT2D eigenvalue weighted by molar-refractivity contribution is -0.871. The van der Waals surface area contributed by atoms with E-state index >= 15 is 0 Å². The number of amides is 2. The van der Waals surface area contributed by atoms with Gasteiger partial charge in [-0.3, -0.25) is 4.79 Å². The maximum Gasteiger partial charge on any atom is 0.315 e. The van der Waals surface area contributed by atoms with E-state index in [-0.39, 0.29) is 18.5 Å². The second-order valence-electron chi connectivity index (χ2n) is 8.00. The Balaban J connectivity index is 3.77. The van der Waals surface area contributed by atoms with E-state index in [1.807, 2.05) is 21.1 Å². The number of aliphatic carboxylic acids is 1. The highest BCUT2D eigenvalue weighted by atomic mass is 16.4. The van der Waals surface area contributed by atoms with E-state index in [2.05, 4.69) is 17.6 Å². The predicted octanol–water partition coefficient (Wildman–Crippen LogP) is 3.37. The third kappa shape index (κ3) is 17.3. The molecular formula is C19H40N3O3+. The van der Waals surface area contributed by atoms with Crippen LogP contribution in [0.2, 0.25) is 0 Å². The Morgan fingerprint density at radius 2 is 1.44 bits per heavy atom. The Hall–Kier alpha value is -1.30. The molecule has 0 aliphatic rings. The molecule has 0 aromatic rings. The van der Waals surface area contributed by atoms with Crippen molar-refractivity contribution in [2.75, 3.05) is 34.2 Å². The standard InChI is InChI=1S/C19H39N3O3/c1-5-6-7-8-9-10-11-12-13-14-20-19(25)21-17(15-18(23)24)16-22(2,3)4/h17H,5-16H2,1-4H3,(H2-,20,21,23,24,25)/p+1. The fourth-order valence-electron chi connectivity index (χ4n) is 2.91. The van der Waals surface area contributed by atoms with Gasteiger partial charge in [0.25, 0.3) is 0 Å². The van der Waals surface area contributed by atoms with Crippen LogP contribution in [0.4, 0.5) is 4.79 Å². The maximum atomic E-state index is 11.9. The smallest absolute Gasteiger partial charge is 0.315 e. The van der Waals surface area contributed by atoms with Crippen molar-refractivity contribution in [3.8, 4) is 0 Å². The summed E-state index contributed by atoms with van der Waals surface area (Å²) >= 11 is 0. The molecule has 0 aromatic carbocycles. The van der Waals surface area contributed by atoms with Gasteiger partial charge in [0.2, 0.25) is 0 Å². The van der Waals surface area contributed by atoms with Crippen molar-refractivity contribution < 1.29 is 19.2 Å². The number of nitrogens with one attached hydrogen (secondary N) is 2. The maximum absolute atomic E-state index is 11.9. The molecule has 0 aliphatic carbocycles. The third-order valence-corrected chi connectivity index (χ3v) is 4.09. The van der Waals surface area contributed by atoms with E-state index in [9.17, 15) is 9.59 Å². The molecule has 0 heterocycles. The van der Waals surface area contributed by atoms with E-state index < -0.39 is 5.97 Å². The van der Waals surface area contributed by atoms with Crippen LogP contribution in [0.15, 0.2) is 0 Å². The zero-order chi connectivity index (χ0) is 19.1. The fraction of sp³-hybridized carbons (Fsp3) is 0.895. The lowest BCUT2D eigenvalue weighted by Crippen LogP contribution is -2.52. The number of carbonyl (C=O) groups excluding carboxylic acids is 1. The fourth-order valence-corrected chi connectivity index (χ4v) is 2.91. The topological polar surface area (TPSA) is 78.4 Å². The van der Waals surface area contributed by atoms with Crippen molar-refractivity contribution in [3.05, 3.63) is 0 Å². The lowest BCUT2D eigenvalue weighted by Gasteiger charge is -2.29. The number of hydrogen-bond donors (Lipinski definition) is 3. The predicted molar refractivity (Wildman–Crippen MR) is 103 cm³/mol. The molecule has 0 saturated carbocycles. The number of rotatable bonds is 15. The highest BCUT2D eigenvalue weighted by molar-refractivity contribution is 5.75. The number of quaternary nitrogens is 1. The number of hydrogen-bond acceptors (Lipinski definition) is 2. The van der Waals surface area contributed by atoms with Crippen molar-refractivity contribution in [2.24, 2.45) is 0 Å². The van der Waals surface area contributed by atoms with Crippen molar-refractivity contribution in [3.63, 3.8) is 0 Å². The Kier molecular flexibility index (Phi) is 13.2. The Bertz CT molecular complexity index is 367. The summed E-state index contributed by atoms with van der Waals surface area (Å²) in [5.74, 6) is -0.891. The minimum atomic E-state index is -0.891. The zero-order valence-corrected chi connectivity index (χ0v) is 16.8. The summed E-state index contributed by atoms with van der Waals surface area (Å²) in [6.07, 6.45) is 11.2. The Morgan fingerprint density at radius 3 is 1.92 bits per heavy atom. The van der Waals surface area contributed by atoms with Crippen LogP contribution >= 0.6 is 0 Å². The van der Waals surface area contributed by atoms with Crippen LogP contribution in [0, 0.1) is 0 Å². The number of carboxylic acid groups (broad SMARTS) is 1. The molecular weight excluding hydrogens is 318 g/mol. The number of carboxylic acids is 1. The van der Waals surface area contributed by atoms with Gasteiger partial charge in [-0.1, -0.05) is 58.3 Å². The van der Waals surface area contributed by atoms with E-state index in [4.69, 9.17) is 5.11 Å². The van der Waals surface area contributed by atoms with Crippen LogP contribution in [-0.4, -0.2) is 61.9 Å². The zero-order valence-electron chi connectivity index (χ0n) is 16.8. The molecule has 0 aromatic heterocycles. The van der Waals surface area contributed by atoms with Crippen molar-refractivity contribution >= 4 is 12.0 Å². The SMILES string of the molecule is CCCCCCCCCCCNC(=O)NC(CC(=O)O)C[N+](C)(C)C. The summed E-state index contributed by atoms with van der Waals surface area (Å²) in [6.45, 7) is 3.46. The molecule has 148 valence electrons. The summed E-state index contributed by atoms with van der Waals surface area (Å²) < 4.78 is 0.608. The number of urea groups is 1. The van der Waals surface area contributed by atoms with Gasteiger partial charge in [0.1, 0.15) is 0 Å². The molecule has 0 fully saturated rings. The van der Waals surface area contributed by atoms with Crippen molar-refractivity contribution in [1.82, 2.24) is 10.6 Å². The molecule has 0 aliphatic heterocycles. The molecule has 6 nitrogen and oxygen atoms in total. The molecule has 0 saturated heterocycles. The lowest BCUT2D eigenvalue weighted by atomic mass is 10.1. The molecule has 0 bridgehead atoms. The largest absolute Gasteiger partial charge is 0.481 e. The first kappa shape index (κ1) is 23.7. The summed E-state index contributed by atoms with van der Waals surface area (Å²) in [5.41, 5.74) is 0. The van der Waals surface area contributed by atoms with E-state index in [1.54, 1.807) is 0 Å². The van der Waals surface area contributed by atoms with Gasteiger partial charge >= 0.3 is 12.0 Å². The van der Waals surface area contributed by atoms with Crippen molar-refractivity contribution in [1.29, 1.82) is 0 Å². The molecule has 1 atom stereocenters. The Morgan fingerprint density at radius 1 is 0.920 bits per heavy atom. The molecule has 6 heteroatoms. The minimum absolute atomic E-state index is 0.0546. The normalized spacial score (nSPS) is 12.6. The molecule has 0 radical (unpaired) electrons. The second-order valence-corrected chi connectivity index (χ2v) is 8.00. The van der Waals surface area contributed by atoms with Crippen LogP contribution in [-0.2, 0) is 4.79 Å². The molecule has 25 heavy (non-hydrogen) atoms. The number of unbranched alkanes of at least 4 members (excludes halogenated alkanes) is 8. The van der Waals surface area contributed by atoms with Gasteiger partial charge in [-0.05, 0) is 6.42 Å². The van der Waals surface area contributed by atoms with Gasteiger partial charge < -0.3 is 20.2 Å². The molecule has 0 spiro atoms. The number of likely N-dealkylation sites (N-methyl/N-ethyl adjacent to an activating group) is 1. The highest BCUT2D eigenvalue weighted by Crippen LogP contribution is 2.09. The van der Waals surface area contributed by atoms with Gasteiger partial charge in [0.05, 0.1) is 40.2 Å². The van der Waals surface area contributed by atoms with Crippen LogP contribution < -0.4 is 10.6 Å². The van der Waals surface area contributed by atoms with E-state index in [0.29, 0.717) is 17.6 Å². The molecule has 2 amide bonds. The third-order valence-electron chi connectivity index (χ3n) is 4.09. The van der Waals surface area contributed by atoms with Crippen molar-refractivity contribution in [2.45, 2.75) is 77.2 Å². The Labute approximate surface area is 153 Å².